The zero-order valence-electron chi connectivity index (χ0n) is 21.9. The van der Waals surface area contributed by atoms with Crippen molar-refractivity contribution in [3.05, 3.63) is 70.5 Å². The monoisotopic (exact) mass is 567 g/mol. The van der Waals surface area contributed by atoms with Crippen LogP contribution in [0.15, 0.2) is 59.3 Å². The first-order valence-electron chi connectivity index (χ1n) is 12.6. The second kappa shape index (κ2) is 12.8. The highest BCUT2D eigenvalue weighted by atomic mass is 79.9. The Labute approximate surface area is 226 Å². The number of aromatic nitrogens is 4. The molecule has 0 spiro atoms. The summed E-state index contributed by atoms with van der Waals surface area (Å²) in [5.41, 5.74) is 2.90. The average Bonchev–Trinajstić information content (AvgIpc) is 3.29. The molecule has 2 aromatic carbocycles. The first kappa shape index (κ1) is 26.7. The molecule has 4 rings (SSSR count). The van der Waals surface area contributed by atoms with E-state index in [4.69, 9.17) is 19.2 Å². The molecule has 0 amide bonds. The lowest BCUT2D eigenvalue weighted by Gasteiger charge is -2.25. The molecular weight excluding hydrogens is 534 g/mol. The molecule has 0 fully saturated rings. The number of methoxy groups -OCH3 is 2. The van der Waals surface area contributed by atoms with Crippen molar-refractivity contribution in [2.45, 2.75) is 58.7 Å². The Morgan fingerprint density at radius 1 is 0.838 bits per heavy atom. The fourth-order valence-electron chi connectivity index (χ4n) is 4.25. The van der Waals surface area contributed by atoms with E-state index in [-0.39, 0.29) is 6.10 Å². The largest absolute Gasteiger partial charge is 0.497 e. The van der Waals surface area contributed by atoms with Gasteiger partial charge in [-0.05, 0) is 64.2 Å². The third kappa shape index (κ3) is 6.91. The van der Waals surface area contributed by atoms with E-state index in [1.807, 2.05) is 30.5 Å². The Morgan fingerprint density at radius 3 is 1.86 bits per heavy atom. The van der Waals surface area contributed by atoms with Crippen LogP contribution in [0, 0.1) is 0 Å². The van der Waals surface area contributed by atoms with Crippen LogP contribution in [0.3, 0.4) is 0 Å². The summed E-state index contributed by atoms with van der Waals surface area (Å²) in [7, 11) is 3.34. The topological polar surface area (TPSA) is 74.0 Å². The van der Waals surface area contributed by atoms with Gasteiger partial charge in [-0.15, -0.1) is 5.10 Å². The van der Waals surface area contributed by atoms with Gasteiger partial charge in [0, 0.05) is 13.1 Å². The Balaban J connectivity index is 1.75. The zero-order valence-corrected chi connectivity index (χ0v) is 23.4. The van der Waals surface area contributed by atoms with E-state index < -0.39 is 0 Å². The fourth-order valence-corrected chi connectivity index (χ4v) is 4.61. The molecule has 0 aliphatic heterocycles. The van der Waals surface area contributed by atoms with Crippen LogP contribution >= 0.6 is 15.9 Å². The van der Waals surface area contributed by atoms with E-state index in [1.165, 1.54) is 0 Å². The molecule has 0 saturated carbocycles. The summed E-state index contributed by atoms with van der Waals surface area (Å²) in [5, 5.41) is 4.63. The van der Waals surface area contributed by atoms with Gasteiger partial charge in [0.15, 0.2) is 11.5 Å². The molecule has 196 valence electrons. The van der Waals surface area contributed by atoms with Gasteiger partial charge >= 0.3 is 6.01 Å². The summed E-state index contributed by atoms with van der Waals surface area (Å²) in [4.78, 5) is 11.8. The second-order valence-corrected chi connectivity index (χ2v) is 9.73. The molecule has 4 aromatic rings. The molecule has 37 heavy (non-hydrogen) atoms. The number of hydrogen-bond donors (Lipinski definition) is 0. The number of hydrogen-bond acceptors (Lipinski definition) is 7. The zero-order chi connectivity index (χ0) is 26.2. The first-order valence-corrected chi connectivity index (χ1v) is 13.4. The Hall–Kier alpha value is -3.33. The number of imidazole rings is 1. The van der Waals surface area contributed by atoms with Gasteiger partial charge in [-0.3, -0.25) is 0 Å². The highest BCUT2D eigenvalue weighted by Crippen LogP contribution is 2.28. The quantitative estimate of drug-likeness (QED) is 0.183. The van der Waals surface area contributed by atoms with Crippen LogP contribution in [0.5, 0.6) is 17.5 Å². The summed E-state index contributed by atoms with van der Waals surface area (Å²) in [6, 6.07) is 16.5. The molecule has 0 aliphatic carbocycles. The summed E-state index contributed by atoms with van der Waals surface area (Å²) in [5.74, 6) is 2.34. The lowest BCUT2D eigenvalue weighted by molar-refractivity contribution is 0.161. The maximum absolute atomic E-state index is 6.32. The van der Waals surface area contributed by atoms with Crippen LogP contribution in [-0.4, -0.2) is 39.9 Å². The van der Waals surface area contributed by atoms with Gasteiger partial charge in [-0.2, -0.15) is 4.98 Å². The van der Waals surface area contributed by atoms with Crippen molar-refractivity contribution in [1.29, 1.82) is 0 Å². The number of benzene rings is 2. The van der Waals surface area contributed by atoms with E-state index in [1.54, 1.807) is 18.7 Å². The molecule has 0 atom stereocenters. The van der Waals surface area contributed by atoms with E-state index >= 15 is 0 Å². The fraction of sp³-hybridized carbons (Fsp3) is 0.393. The minimum atomic E-state index is 0.0730. The van der Waals surface area contributed by atoms with Gasteiger partial charge in [-0.1, -0.05) is 51.0 Å². The van der Waals surface area contributed by atoms with Crippen LogP contribution in [0.2, 0.25) is 0 Å². The summed E-state index contributed by atoms with van der Waals surface area (Å²) in [6.45, 7) is 5.56. The molecule has 9 heteroatoms. The van der Waals surface area contributed by atoms with Gasteiger partial charge in [-0.25, -0.2) is 9.50 Å². The maximum Gasteiger partial charge on any atom is 0.336 e. The molecule has 0 aliphatic rings. The minimum Gasteiger partial charge on any atom is -0.497 e. The summed E-state index contributed by atoms with van der Waals surface area (Å²) < 4.78 is 19.4. The van der Waals surface area contributed by atoms with Crippen molar-refractivity contribution in [3.63, 3.8) is 0 Å². The lowest BCUT2D eigenvalue weighted by Crippen LogP contribution is -2.25. The van der Waals surface area contributed by atoms with Crippen molar-refractivity contribution < 1.29 is 14.2 Å². The summed E-state index contributed by atoms with van der Waals surface area (Å²) in [6.07, 6.45) is 5.90. The number of anilines is 1. The number of halogens is 1. The van der Waals surface area contributed by atoms with E-state index in [0.717, 1.165) is 48.3 Å². The highest BCUT2D eigenvalue weighted by Gasteiger charge is 2.21. The van der Waals surface area contributed by atoms with Crippen LogP contribution in [0.4, 0.5) is 5.82 Å². The molecule has 2 heterocycles. The smallest absolute Gasteiger partial charge is 0.336 e. The van der Waals surface area contributed by atoms with E-state index in [2.05, 4.69) is 69.0 Å². The molecule has 0 N–H and O–H groups in total. The van der Waals surface area contributed by atoms with E-state index in [0.29, 0.717) is 35.2 Å². The number of fused-ring (bicyclic) bond motifs is 1. The van der Waals surface area contributed by atoms with E-state index in [9.17, 15) is 0 Å². The third-order valence-corrected chi connectivity index (χ3v) is 6.49. The lowest BCUT2D eigenvalue weighted by atomic mass is 10.1. The third-order valence-electron chi connectivity index (χ3n) is 6.11. The van der Waals surface area contributed by atoms with Gasteiger partial charge in [0.2, 0.25) is 0 Å². The van der Waals surface area contributed by atoms with Crippen molar-refractivity contribution in [3.8, 4) is 17.5 Å². The molecule has 0 radical (unpaired) electrons. The highest BCUT2D eigenvalue weighted by molar-refractivity contribution is 9.10. The number of nitrogens with zero attached hydrogens (tertiary/aromatic N) is 5. The average molecular weight is 569 g/mol. The van der Waals surface area contributed by atoms with Gasteiger partial charge < -0.3 is 19.1 Å². The number of ether oxygens (including phenoxy) is 3. The molecule has 8 nitrogen and oxygen atoms in total. The van der Waals surface area contributed by atoms with Crippen LogP contribution in [0.1, 0.15) is 50.7 Å². The molecule has 2 aromatic heterocycles. The van der Waals surface area contributed by atoms with Crippen molar-refractivity contribution in [1.82, 2.24) is 19.6 Å². The predicted molar refractivity (Wildman–Crippen MR) is 149 cm³/mol. The number of rotatable bonds is 13. The first-order chi connectivity index (χ1) is 18.0. The van der Waals surface area contributed by atoms with Crippen molar-refractivity contribution in [2.75, 3.05) is 19.1 Å². The maximum atomic E-state index is 6.32. The second-order valence-electron chi connectivity index (χ2n) is 8.92. The molecule has 0 saturated heterocycles. The molecule has 0 unspecified atom stereocenters. The molecule has 0 bridgehead atoms. The normalized spacial score (nSPS) is 11.2. The van der Waals surface area contributed by atoms with Gasteiger partial charge in [0.25, 0.3) is 0 Å². The van der Waals surface area contributed by atoms with Crippen molar-refractivity contribution in [2.24, 2.45) is 0 Å². The Morgan fingerprint density at radius 2 is 1.38 bits per heavy atom. The molecular formula is C28H34BrN5O3. The van der Waals surface area contributed by atoms with Crippen LogP contribution in [-0.2, 0) is 13.1 Å². The predicted octanol–water partition coefficient (Wildman–Crippen LogP) is 6.46. The Bertz CT molecular complexity index is 1220. The standard InChI is InChI=1S/C28H34BrN5O3/c1-5-7-24(8-6-2)37-28-31-26(27-30-25(29)19-34(27)32-28)33(17-20-9-13-22(35-3)14-10-20)18-21-11-15-23(36-4)16-12-21/h9-16,19,24H,5-8,17-18H2,1-4H3. The minimum absolute atomic E-state index is 0.0730. The van der Waals surface area contributed by atoms with Crippen LogP contribution < -0.4 is 19.1 Å². The van der Waals surface area contributed by atoms with Gasteiger partial charge in [0.05, 0.1) is 20.4 Å². The summed E-state index contributed by atoms with van der Waals surface area (Å²) >= 11 is 3.51. The van der Waals surface area contributed by atoms with Crippen LogP contribution in [0.25, 0.3) is 5.65 Å². The van der Waals surface area contributed by atoms with Crippen molar-refractivity contribution >= 4 is 27.4 Å². The SMILES string of the molecule is CCCC(CCC)Oc1nc(N(Cc2ccc(OC)cc2)Cc2ccc(OC)cc2)c2nc(Br)cn2n1. The van der Waals surface area contributed by atoms with Gasteiger partial charge in [0.1, 0.15) is 22.2 Å². The Kier molecular flexibility index (Phi) is 9.22.